The zero-order valence-electron chi connectivity index (χ0n) is 16.6. The zero-order chi connectivity index (χ0) is 20.8. The van der Waals surface area contributed by atoms with Crippen LogP contribution < -0.4 is 0 Å². The molecule has 0 saturated heterocycles. The van der Waals surface area contributed by atoms with Gasteiger partial charge >= 0.3 is 0 Å². The van der Waals surface area contributed by atoms with Gasteiger partial charge in [-0.1, -0.05) is 12.1 Å². The van der Waals surface area contributed by atoms with Crippen LogP contribution in [0.2, 0.25) is 0 Å². The number of nitrogens with zero attached hydrogens (tertiary/aromatic N) is 2. The van der Waals surface area contributed by atoms with E-state index in [1.165, 1.54) is 17.0 Å². The van der Waals surface area contributed by atoms with E-state index in [1.54, 1.807) is 35.3 Å². The van der Waals surface area contributed by atoms with Crippen molar-refractivity contribution in [3.05, 3.63) is 57.5 Å². The van der Waals surface area contributed by atoms with E-state index in [2.05, 4.69) is 0 Å². The summed E-state index contributed by atoms with van der Waals surface area (Å²) in [5.74, 6) is -0.751. The summed E-state index contributed by atoms with van der Waals surface area (Å²) in [5.41, 5.74) is 1.95. The summed E-state index contributed by atoms with van der Waals surface area (Å²) in [6.07, 6.45) is 0. The van der Waals surface area contributed by atoms with E-state index in [-0.39, 0.29) is 30.2 Å². The van der Waals surface area contributed by atoms with Gasteiger partial charge < -0.3 is 9.80 Å². The average Bonchev–Trinajstić information content (AvgIpc) is 3.04. The maximum atomic E-state index is 13.2. The molecule has 152 valence electrons. The SMILES string of the molecule is Cc1ccsc1CN(Cc1ccc(F)cc1)C(=O)CN(C(=O)C(C)Cl)C(C)C. The van der Waals surface area contributed by atoms with Gasteiger partial charge in [0, 0.05) is 17.5 Å². The molecular weight excluding hydrogens is 399 g/mol. The van der Waals surface area contributed by atoms with Crippen LogP contribution in [0.4, 0.5) is 4.39 Å². The maximum absolute atomic E-state index is 13.2. The van der Waals surface area contributed by atoms with Gasteiger partial charge in [-0.25, -0.2) is 4.39 Å². The molecule has 1 heterocycles. The van der Waals surface area contributed by atoms with Gasteiger partial charge in [-0.2, -0.15) is 0 Å². The Hall–Kier alpha value is -1.92. The zero-order valence-corrected chi connectivity index (χ0v) is 18.2. The van der Waals surface area contributed by atoms with Crippen molar-refractivity contribution < 1.29 is 14.0 Å². The van der Waals surface area contributed by atoms with Crippen molar-refractivity contribution >= 4 is 34.8 Å². The van der Waals surface area contributed by atoms with Crippen LogP contribution in [0.25, 0.3) is 0 Å². The molecule has 1 aromatic heterocycles. The molecule has 2 amide bonds. The predicted molar refractivity (Wildman–Crippen MR) is 112 cm³/mol. The van der Waals surface area contributed by atoms with Crippen molar-refractivity contribution in [1.82, 2.24) is 9.80 Å². The fourth-order valence-corrected chi connectivity index (χ4v) is 3.82. The normalized spacial score (nSPS) is 12.1. The number of halogens is 2. The van der Waals surface area contributed by atoms with Crippen molar-refractivity contribution in [2.45, 2.75) is 52.2 Å². The second-order valence-electron chi connectivity index (χ2n) is 7.08. The summed E-state index contributed by atoms with van der Waals surface area (Å²) in [5, 5.41) is 1.30. The molecule has 0 fully saturated rings. The van der Waals surface area contributed by atoms with Crippen molar-refractivity contribution in [2.24, 2.45) is 0 Å². The first-order valence-electron chi connectivity index (χ1n) is 9.18. The summed E-state index contributed by atoms with van der Waals surface area (Å²) in [7, 11) is 0. The Bertz CT molecular complexity index is 805. The van der Waals surface area contributed by atoms with Crippen LogP contribution in [0, 0.1) is 12.7 Å². The number of hydrogen-bond donors (Lipinski definition) is 0. The molecule has 0 radical (unpaired) electrons. The van der Waals surface area contributed by atoms with E-state index < -0.39 is 5.38 Å². The maximum Gasteiger partial charge on any atom is 0.242 e. The molecule has 0 N–H and O–H groups in total. The number of rotatable bonds is 8. The highest BCUT2D eigenvalue weighted by molar-refractivity contribution is 7.10. The number of carbonyl (C=O) groups is 2. The largest absolute Gasteiger partial charge is 0.332 e. The van der Waals surface area contributed by atoms with Gasteiger partial charge in [0.2, 0.25) is 11.8 Å². The molecule has 0 bridgehead atoms. The predicted octanol–water partition coefficient (Wildman–Crippen LogP) is 4.59. The van der Waals surface area contributed by atoms with Crippen LogP contribution in [0.1, 0.15) is 36.8 Å². The molecule has 4 nitrogen and oxygen atoms in total. The standard InChI is InChI=1S/C21H26ClFN2O2S/c1-14(2)25(21(27)16(4)22)13-20(26)24(12-19-15(3)9-10-28-19)11-17-5-7-18(23)8-6-17/h5-10,14,16H,11-13H2,1-4H3. The number of amides is 2. The highest BCUT2D eigenvalue weighted by Crippen LogP contribution is 2.20. The Kier molecular flexibility index (Phi) is 8.01. The van der Waals surface area contributed by atoms with E-state index in [4.69, 9.17) is 11.6 Å². The molecule has 28 heavy (non-hydrogen) atoms. The number of carbonyl (C=O) groups excluding carboxylic acids is 2. The first-order chi connectivity index (χ1) is 13.2. The molecule has 1 unspecified atom stereocenters. The lowest BCUT2D eigenvalue weighted by Crippen LogP contribution is -2.47. The molecule has 0 saturated carbocycles. The van der Waals surface area contributed by atoms with Gasteiger partial charge in [0.25, 0.3) is 0 Å². The lowest BCUT2D eigenvalue weighted by molar-refractivity contribution is -0.142. The Morgan fingerprint density at radius 1 is 1.11 bits per heavy atom. The second-order valence-corrected chi connectivity index (χ2v) is 8.73. The quantitative estimate of drug-likeness (QED) is 0.581. The van der Waals surface area contributed by atoms with E-state index in [0.717, 1.165) is 16.0 Å². The van der Waals surface area contributed by atoms with Gasteiger partial charge in [-0.05, 0) is 62.4 Å². The second kappa shape index (κ2) is 10.0. The summed E-state index contributed by atoms with van der Waals surface area (Å²) < 4.78 is 13.2. The highest BCUT2D eigenvalue weighted by Gasteiger charge is 2.26. The van der Waals surface area contributed by atoms with Gasteiger partial charge in [-0.3, -0.25) is 9.59 Å². The van der Waals surface area contributed by atoms with Gasteiger partial charge in [0.15, 0.2) is 0 Å². The summed E-state index contributed by atoms with van der Waals surface area (Å²) in [6, 6.07) is 7.97. The van der Waals surface area contributed by atoms with Crippen LogP contribution in [0.3, 0.4) is 0 Å². The third-order valence-electron chi connectivity index (χ3n) is 4.49. The molecule has 1 aromatic carbocycles. The molecule has 0 aliphatic rings. The van der Waals surface area contributed by atoms with Crippen LogP contribution in [0.15, 0.2) is 35.7 Å². The number of hydrogen-bond acceptors (Lipinski definition) is 3. The van der Waals surface area contributed by atoms with E-state index in [9.17, 15) is 14.0 Å². The molecule has 1 atom stereocenters. The van der Waals surface area contributed by atoms with Crippen molar-refractivity contribution in [3.8, 4) is 0 Å². The molecule has 0 aliphatic heterocycles. The lowest BCUT2D eigenvalue weighted by atomic mass is 10.2. The lowest BCUT2D eigenvalue weighted by Gasteiger charge is -2.31. The third kappa shape index (κ3) is 6.04. The van der Waals surface area contributed by atoms with E-state index in [1.807, 2.05) is 32.2 Å². The van der Waals surface area contributed by atoms with E-state index >= 15 is 0 Å². The van der Waals surface area contributed by atoms with Crippen LogP contribution in [-0.4, -0.2) is 39.6 Å². The molecule has 0 aliphatic carbocycles. The van der Waals surface area contributed by atoms with Crippen LogP contribution in [-0.2, 0) is 22.7 Å². The first kappa shape index (κ1) is 22.4. The molecule has 0 spiro atoms. The van der Waals surface area contributed by atoms with Crippen molar-refractivity contribution in [3.63, 3.8) is 0 Å². The Labute approximate surface area is 174 Å². The fourth-order valence-electron chi connectivity index (χ4n) is 2.77. The van der Waals surface area contributed by atoms with Crippen molar-refractivity contribution in [2.75, 3.05) is 6.54 Å². The Morgan fingerprint density at radius 3 is 2.25 bits per heavy atom. The minimum absolute atomic E-state index is 0.0425. The minimum Gasteiger partial charge on any atom is -0.332 e. The first-order valence-corrected chi connectivity index (χ1v) is 10.5. The smallest absolute Gasteiger partial charge is 0.242 e. The minimum atomic E-state index is -0.694. The van der Waals surface area contributed by atoms with Crippen molar-refractivity contribution in [1.29, 1.82) is 0 Å². The summed E-state index contributed by atoms with van der Waals surface area (Å²) in [6.45, 7) is 8.07. The topological polar surface area (TPSA) is 40.6 Å². The van der Waals surface area contributed by atoms with E-state index in [0.29, 0.717) is 13.1 Å². The Balaban J connectivity index is 2.23. The highest BCUT2D eigenvalue weighted by atomic mass is 35.5. The molecule has 7 heteroatoms. The monoisotopic (exact) mass is 424 g/mol. The number of aryl methyl sites for hydroxylation is 1. The fraction of sp³-hybridized carbons (Fsp3) is 0.429. The molecule has 2 aromatic rings. The van der Waals surface area contributed by atoms with Gasteiger partial charge in [0.05, 0.1) is 6.54 Å². The number of alkyl halides is 1. The molecule has 2 rings (SSSR count). The summed E-state index contributed by atoms with van der Waals surface area (Å²) in [4.78, 5) is 29.8. The number of thiophene rings is 1. The van der Waals surface area contributed by atoms with Crippen LogP contribution in [0.5, 0.6) is 0 Å². The summed E-state index contributed by atoms with van der Waals surface area (Å²) >= 11 is 7.55. The van der Waals surface area contributed by atoms with Crippen LogP contribution >= 0.6 is 22.9 Å². The van der Waals surface area contributed by atoms with Gasteiger partial charge in [-0.15, -0.1) is 22.9 Å². The third-order valence-corrected chi connectivity index (χ3v) is 5.69. The number of benzene rings is 1. The average molecular weight is 425 g/mol. The molecular formula is C21H26ClFN2O2S. The van der Waals surface area contributed by atoms with Gasteiger partial charge in [0.1, 0.15) is 17.7 Å². The Morgan fingerprint density at radius 2 is 1.75 bits per heavy atom.